The topological polar surface area (TPSA) is 54.2 Å². The predicted octanol–water partition coefficient (Wildman–Crippen LogP) is 4.51. The van der Waals surface area contributed by atoms with Crippen molar-refractivity contribution in [3.8, 4) is 5.75 Å². The Bertz CT molecular complexity index is 1460. The molecule has 2 aliphatic rings. The molecule has 0 fully saturated rings. The van der Waals surface area contributed by atoms with Crippen LogP contribution in [0.25, 0.3) is 22.9 Å². The normalized spacial score (nSPS) is 14.4. The van der Waals surface area contributed by atoms with Gasteiger partial charge in [0.2, 0.25) is 0 Å². The summed E-state index contributed by atoms with van der Waals surface area (Å²) in [5.41, 5.74) is 5.24. The molecule has 4 nitrogen and oxygen atoms in total. The number of ether oxygens (including phenoxy) is 1. The van der Waals surface area contributed by atoms with Gasteiger partial charge < -0.3 is 0 Å². The van der Waals surface area contributed by atoms with E-state index in [2.05, 4.69) is 60.7 Å². The summed E-state index contributed by atoms with van der Waals surface area (Å²) in [7, 11) is 1.68. The molecule has 0 amide bonds. The number of aliphatic hydroxyl groups is 1. The van der Waals surface area contributed by atoms with E-state index in [0.717, 1.165) is 43.0 Å². The van der Waals surface area contributed by atoms with Crippen LogP contribution >= 0.6 is 0 Å². The van der Waals surface area contributed by atoms with Crippen LogP contribution in [0.5, 0.6) is 5.75 Å². The van der Waals surface area contributed by atoms with Crippen molar-refractivity contribution in [1.29, 1.82) is 0 Å². The van der Waals surface area contributed by atoms with Gasteiger partial charge in [-0.3, -0.25) is 0 Å². The van der Waals surface area contributed by atoms with E-state index in [4.69, 9.17) is 14.7 Å². The molecule has 2 heterocycles. The molecule has 0 radical (unpaired) electrons. The van der Waals surface area contributed by atoms with Gasteiger partial charge in [0.1, 0.15) is 0 Å². The Hall–Kier alpha value is -3.24. The second kappa shape index (κ2) is 10.0. The average molecular weight is 600 g/mol. The summed E-state index contributed by atoms with van der Waals surface area (Å²) in [5, 5.41) is 11.8. The van der Waals surface area contributed by atoms with Crippen LogP contribution in [0.3, 0.4) is 0 Å². The molecule has 6 heteroatoms. The summed E-state index contributed by atoms with van der Waals surface area (Å²) >= 11 is 0.279. The first-order valence-electron chi connectivity index (χ1n) is 11.5. The second-order valence-electron chi connectivity index (χ2n) is 8.36. The molecule has 176 valence electrons. The fourth-order valence-corrected chi connectivity index (χ4v) is 8.18. The third-order valence-corrected chi connectivity index (χ3v) is 10.2. The van der Waals surface area contributed by atoms with Crippen molar-refractivity contribution < 1.29 is 9.84 Å². The van der Waals surface area contributed by atoms with Gasteiger partial charge in [-0.15, -0.1) is 0 Å². The first-order valence-corrected chi connectivity index (χ1v) is 15.0. The summed E-state index contributed by atoms with van der Waals surface area (Å²) in [5.74, 6) is 0.861. The van der Waals surface area contributed by atoms with Crippen LogP contribution in [0, 0.1) is 0 Å². The summed E-state index contributed by atoms with van der Waals surface area (Å²) in [6.45, 7) is 0.0658. The minimum absolute atomic E-state index is 0.0658. The molecule has 0 unspecified atom stereocenters. The van der Waals surface area contributed by atoms with Crippen molar-refractivity contribution in [2.75, 3.05) is 7.11 Å². The molecular weight excluding hydrogens is 578 g/mol. The second-order valence-corrected chi connectivity index (χ2v) is 12.8. The van der Waals surface area contributed by atoms with E-state index in [1.165, 1.54) is 19.7 Å². The molecule has 0 aliphatic carbocycles. The zero-order valence-electron chi connectivity index (χ0n) is 19.5. The molecule has 2 aliphatic heterocycles. The van der Waals surface area contributed by atoms with Crippen molar-refractivity contribution in [2.45, 2.75) is 6.61 Å². The molecule has 36 heavy (non-hydrogen) atoms. The first-order chi connectivity index (χ1) is 17.7. The number of rotatable bonds is 6. The van der Waals surface area contributed by atoms with E-state index in [9.17, 15) is 5.11 Å². The summed E-state index contributed by atoms with van der Waals surface area (Å²) in [4.78, 5) is 10.0. The molecule has 0 aromatic heterocycles. The molecule has 4 aromatic rings. The molecule has 0 atom stereocenters. The number of aliphatic imine (C=N–C) groups is 2. The van der Waals surface area contributed by atoms with Crippen molar-refractivity contribution >= 4 is 82.4 Å². The molecular formula is C30H22N2O2Se2. The zero-order chi connectivity index (χ0) is 24.5. The summed E-state index contributed by atoms with van der Waals surface area (Å²) < 4.78 is 10.2. The molecule has 0 saturated heterocycles. The Morgan fingerprint density at radius 2 is 1.17 bits per heavy atom. The van der Waals surface area contributed by atoms with Gasteiger partial charge in [-0.2, -0.15) is 0 Å². The number of nitrogens with zero attached hydrogens (tertiary/aromatic N) is 2. The average Bonchev–Trinajstić information content (AvgIpc) is 2.94. The quantitative estimate of drug-likeness (QED) is 0.332. The monoisotopic (exact) mass is 602 g/mol. The van der Waals surface area contributed by atoms with Crippen LogP contribution in [0.15, 0.2) is 94.9 Å². The standard InChI is InChI=1S/C30H22N2O2Se2/c1-34-22-10-6-20(7-11-22)9-17-28-32-24-13-14-25-29-23(12-15-26(36-28)30(24)29)31-27(35-25)16-8-19-2-4-21(18-33)5-3-19/h2-17,33H,18H2,1H3/b16-8+,17-9+. The number of hydrogen-bond acceptors (Lipinski definition) is 4. The Labute approximate surface area is 222 Å². The Kier molecular flexibility index (Phi) is 6.45. The first kappa shape index (κ1) is 23.2. The van der Waals surface area contributed by atoms with E-state index in [1.807, 2.05) is 36.4 Å². The zero-order valence-corrected chi connectivity index (χ0v) is 22.9. The van der Waals surface area contributed by atoms with E-state index in [1.54, 1.807) is 7.11 Å². The maximum absolute atomic E-state index is 9.24. The molecule has 1 N–H and O–H groups in total. The third kappa shape index (κ3) is 4.62. The van der Waals surface area contributed by atoms with Gasteiger partial charge in [0, 0.05) is 0 Å². The summed E-state index contributed by atoms with van der Waals surface area (Å²) in [6, 6.07) is 24.8. The number of methoxy groups -OCH3 is 1. The van der Waals surface area contributed by atoms with Gasteiger partial charge >= 0.3 is 223 Å². The SMILES string of the molecule is COc1ccc(/C=C/C2=Nc3ccc4c5c(ccc(c35)[Se]2)N=C(/C=C/c2ccc(CO)cc2)[Se]4)cc1. The van der Waals surface area contributed by atoms with Crippen molar-refractivity contribution in [2.24, 2.45) is 9.98 Å². The van der Waals surface area contributed by atoms with Gasteiger partial charge in [0.25, 0.3) is 0 Å². The number of allylic oxidation sites excluding steroid dienone is 2. The predicted molar refractivity (Wildman–Crippen MR) is 152 cm³/mol. The van der Waals surface area contributed by atoms with Crippen molar-refractivity contribution in [3.63, 3.8) is 0 Å². The van der Waals surface area contributed by atoms with Crippen LogP contribution in [0.4, 0.5) is 11.4 Å². The van der Waals surface area contributed by atoms with Gasteiger partial charge in [0.15, 0.2) is 0 Å². The third-order valence-electron chi connectivity index (χ3n) is 6.05. The Balaban J connectivity index is 1.29. The van der Waals surface area contributed by atoms with E-state index in [-0.39, 0.29) is 36.5 Å². The molecule has 0 saturated carbocycles. The fraction of sp³-hybridized carbons (Fsp3) is 0.0667. The van der Waals surface area contributed by atoms with E-state index < -0.39 is 0 Å². The van der Waals surface area contributed by atoms with Gasteiger partial charge in [-0.05, 0) is 0 Å². The summed E-state index contributed by atoms with van der Waals surface area (Å²) in [6.07, 6.45) is 8.49. The van der Waals surface area contributed by atoms with Crippen LogP contribution in [0.1, 0.15) is 16.7 Å². The van der Waals surface area contributed by atoms with Crippen LogP contribution < -0.4 is 13.7 Å². The van der Waals surface area contributed by atoms with E-state index >= 15 is 0 Å². The number of aliphatic hydroxyl groups excluding tert-OH is 1. The van der Waals surface area contributed by atoms with Crippen molar-refractivity contribution in [3.05, 3.63) is 102 Å². The fourth-order valence-electron chi connectivity index (χ4n) is 4.19. The molecule has 0 bridgehead atoms. The van der Waals surface area contributed by atoms with Crippen molar-refractivity contribution in [1.82, 2.24) is 0 Å². The van der Waals surface area contributed by atoms with Gasteiger partial charge in [-0.25, -0.2) is 0 Å². The van der Waals surface area contributed by atoms with E-state index in [0.29, 0.717) is 0 Å². The van der Waals surface area contributed by atoms with Crippen LogP contribution in [-0.2, 0) is 6.61 Å². The molecule has 4 aromatic carbocycles. The van der Waals surface area contributed by atoms with Gasteiger partial charge in [0.05, 0.1) is 0 Å². The number of hydrogen-bond donors (Lipinski definition) is 1. The Morgan fingerprint density at radius 1 is 0.667 bits per heavy atom. The minimum atomic E-state index is 0.0658. The van der Waals surface area contributed by atoms with Crippen LogP contribution in [0.2, 0.25) is 0 Å². The van der Waals surface area contributed by atoms with Crippen LogP contribution in [-0.4, -0.2) is 51.4 Å². The molecule has 0 spiro atoms. The maximum atomic E-state index is 9.24. The Morgan fingerprint density at radius 3 is 1.64 bits per heavy atom. The number of benzene rings is 4. The van der Waals surface area contributed by atoms with Gasteiger partial charge in [-0.1, -0.05) is 0 Å². The molecule has 6 rings (SSSR count).